The summed E-state index contributed by atoms with van der Waals surface area (Å²) in [5, 5.41) is 21.4. The van der Waals surface area contributed by atoms with Crippen LogP contribution in [0.15, 0.2) is 16.9 Å². The van der Waals surface area contributed by atoms with E-state index in [1.807, 2.05) is 0 Å². The second-order valence-corrected chi connectivity index (χ2v) is 2.95. The molecule has 0 amide bonds. The maximum atomic E-state index is 10.9. The summed E-state index contributed by atoms with van der Waals surface area (Å²) in [5.41, 5.74) is -0.249. The molecular weight excluding hydrogens is 244 g/mol. The Morgan fingerprint density at radius 2 is 2.31 bits per heavy atom. The van der Waals surface area contributed by atoms with Crippen molar-refractivity contribution in [3.05, 3.63) is 32.2 Å². The van der Waals surface area contributed by atoms with E-state index >= 15 is 0 Å². The first-order valence-corrected chi connectivity index (χ1v) is 3.96. The molecule has 0 fully saturated rings. The molecule has 0 aromatic carbocycles. The molecule has 0 unspecified atom stereocenters. The molecule has 0 aliphatic carbocycles. The minimum atomic E-state index is -0.621. The molecule has 0 aliphatic rings. The first-order valence-electron chi connectivity index (χ1n) is 3.17. The van der Waals surface area contributed by atoms with Gasteiger partial charge in [0.1, 0.15) is 6.07 Å². The third-order valence-corrected chi connectivity index (χ3v) is 1.95. The molecule has 1 aromatic rings. The first kappa shape index (κ1) is 9.72. The number of hydrogen-bond acceptors (Lipinski definition) is 4. The lowest BCUT2D eigenvalue weighted by Gasteiger charge is -2.02. The fourth-order valence-corrected chi connectivity index (χ4v) is 1.10. The Bertz CT molecular complexity index is 355. The van der Waals surface area contributed by atoms with Crippen molar-refractivity contribution in [3.63, 3.8) is 0 Å². The van der Waals surface area contributed by atoms with Crippen LogP contribution in [0.1, 0.15) is 0 Å². The molecule has 0 atom stereocenters. The standard InChI is InChI=1S/C6H5BrN2O4/c1-13-5-3-8(10)6(7)2-4(5)9(11)12/h2-3H,1H3. The monoisotopic (exact) mass is 248 g/mol. The van der Waals surface area contributed by atoms with Crippen LogP contribution in [-0.2, 0) is 0 Å². The van der Waals surface area contributed by atoms with Crippen molar-refractivity contribution in [2.24, 2.45) is 0 Å². The summed E-state index contributed by atoms with van der Waals surface area (Å²) in [5.74, 6) is -0.0665. The minimum Gasteiger partial charge on any atom is -0.618 e. The smallest absolute Gasteiger partial charge is 0.324 e. The van der Waals surface area contributed by atoms with Crippen LogP contribution in [0.2, 0.25) is 0 Å². The largest absolute Gasteiger partial charge is 0.618 e. The van der Waals surface area contributed by atoms with Crippen LogP contribution in [0.3, 0.4) is 0 Å². The number of hydrogen-bond donors (Lipinski definition) is 0. The Hall–Kier alpha value is -1.37. The van der Waals surface area contributed by atoms with Crippen LogP contribution in [-0.4, -0.2) is 12.0 Å². The third kappa shape index (κ3) is 1.86. The van der Waals surface area contributed by atoms with Gasteiger partial charge in [-0.1, -0.05) is 0 Å². The van der Waals surface area contributed by atoms with Gasteiger partial charge in [-0.3, -0.25) is 10.1 Å². The molecular formula is C6H5BrN2O4. The van der Waals surface area contributed by atoms with E-state index in [0.29, 0.717) is 4.73 Å². The summed E-state index contributed by atoms with van der Waals surface area (Å²) < 4.78 is 5.16. The average molecular weight is 249 g/mol. The van der Waals surface area contributed by atoms with Gasteiger partial charge >= 0.3 is 5.69 Å². The van der Waals surface area contributed by atoms with Gasteiger partial charge in [0, 0.05) is 15.9 Å². The second kappa shape index (κ2) is 3.56. The van der Waals surface area contributed by atoms with Gasteiger partial charge in [0.15, 0.2) is 0 Å². The zero-order chi connectivity index (χ0) is 10.0. The van der Waals surface area contributed by atoms with Gasteiger partial charge < -0.3 is 9.94 Å². The lowest BCUT2D eigenvalue weighted by molar-refractivity contribution is -0.618. The quantitative estimate of drug-likeness (QED) is 0.257. The summed E-state index contributed by atoms with van der Waals surface area (Å²) in [6, 6.07) is 1.09. The molecule has 0 saturated heterocycles. The van der Waals surface area contributed by atoms with Crippen molar-refractivity contribution in [2.45, 2.75) is 0 Å². The predicted molar refractivity (Wildman–Crippen MR) is 46.3 cm³/mol. The van der Waals surface area contributed by atoms with Gasteiger partial charge in [0.25, 0.3) is 10.4 Å². The molecule has 6 nitrogen and oxygen atoms in total. The molecule has 1 rings (SSSR count). The Labute approximate surface area is 81.6 Å². The second-order valence-electron chi connectivity index (χ2n) is 2.13. The number of ether oxygens (including phenoxy) is 1. The minimum absolute atomic E-state index is 0.0665. The number of halogens is 1. The summed E-state index contributed by atoms with van der Waals surface area (Å²) >= 11 is 2.87. The summed E-state index contributed by atoms with van der Waals surface area (Å²) in [7, 11) is 1.26. The molecule has 0 bridgehead atoms. The zero-order valence-electron chi connectivity index (χ0n) is 6.56. The van der Waals surface area contributed by atoms with Gasteiger partial charge in [0.05, 0.1) is 12.0 Å². The van der Waals surface area contributed by atoms with Gasteiger partial charge in [0.2, 0.25) is 6.20 Å². The lowest BCUT2D eigenvalue weighted by atomic mass is 10.4. The number of nitrogens with zero attached hydrogens (tertiary/aromatic N) is 2. The number of nitro groups is 1. The summed E-state index contributed by atoms with van der Waals surface area (Å²) in [4.78, 5) is 9.82. The van der Waals surface area contributed by atoms with Crippen LogP contribution in [0.4, 0.5) is 5.69 Å². The molecule has 13 heavy (non-hydrogen) atoms. The van der Waals surface area contributed by atoms with Crippen LogP contribution < -0.4 is 9.47 Å². The fraction of sp³-hybridized carbons (Fsp3) is 0.167. The van der Waals surface area contributed by atoms with Crippen molar-refractivity contribution in [1.29, 1.82) is 0 Å². The maximum Gasteiger partial charge on any atom is 0.324 e. The fourth-order valence-electron chi connectivity index (χ4n) is 0.782. The molecule has 70 valence electrons. The van der Waals surface area contributed by atoms with E-state index in [-0.39, 0.29) is 16.0 Å². The molecule has 0 aliphatic heterocycles. The Morgan fingerprint density at radius 3 is 2.77 bits per heavy atom. The van der Waals surface area contributed by atoms with Gasteiger partial charge in [-0.25, -0.2) is 0 Å². The van der Waals surface area contributed by atoms with Crippen LogP contribution in [0, 0.1) is 15.3 Å². The van der Waals surface area contributed by atoms with Gasteiger partial charge in [-0.05, 0) is 0 Å². The average Bonchev–Trinajstić information content (AvgIpc) is 2.08. The molecule has 0 radical (unpaired) electrons. The normalized spacial score (nSPS) is 9.69. The van der Waals surface area contributed by atoms with Crippen molar-refractivity contribution in [3.8, 4) is 5.75 Å². The Morgan fingerprint density at radius 1 is 1.69 bits per heavy atom. The summed E-state index contributed by atoms with van der Waals surface area (Å²) in [6.07, 6.45) is 0.988. The van der Waals surface area contributed by atoms with E-state index < -0.39 is 4.92 Å². The van der Waals surface area contributed by atoms with Crippen molar-refractivity contribution in [2.75, 3.05) is 7.11 Å². The third-order valence-electron chi connectivity index (χ3n) is 1.37. The van der Waals surface area contributed by atoms with E-state index in [1.165, 1.54) is 7.11 Å². The Balaban J connectivity index is 3.33. The molecule has 0 spiro atoms. The number of methoxy groups -OCH3 is 1. The van der Waals surface area contributed by atoms with Crippen molar-refractivity contribution in [1.82, 2.24) is 0 Å². The predicted octanol–water partition coefficient (Wildman–Crippen LogP) is 0.999. The highest BCUT2D eigenvalue weighted by molar-refractivity contribution is 9.10. The highest BCUT2D eigenvalue weighted by Crippen LogP contribution is 2.26. The van der Waals surface area contributed by atoms with Crippen LogP contribution in [0.25, 0.3) is 0 Å². The van der Waals surface area contributed by atoms with E-state index in [1.54, 1.807) is 0 Å². The molecule has 7 heteroatoms. The SMILES string of the molecule is COc1c[n+]([O-])c(Br)cc1[N+](=O)[O-]. The molecule has 0 saturated carbocycles. The molecule has 1 aromatic heterocycles. The zero-order valence-corrected chi connectivity index (χ0v) is 8.15. The van der Waals surface area contributed by atoms with Gasteiger partial charge in [-0.15, -0.1) is 0 Å². The van der Waals surface area contributed by atoms with E-state index in [9.17, 15) is 15.3 Å². The lowest BCUT2D eigenvalue weighted by Crippen LogP contribution is -2.27. The highest BCUT2D eigenvalue weighted by Gasteiger charge is 2.20. The maximum absolute atomic E-state index is 10.9. The number of aromatic nitrogens is 1. The van der Waals surface area contributed by atoms with E-state index in [2.05, 4.69) is 20.7 Å². The first-order chi connectivity index (χ1) is 6.06. The van der Waals surface area contributed by atoms with Crippen molar-refractivity contribution >= 4 is 21.6 Å². The number of pyridine rings is 1. The molecule has 1 heterocycles. The van der Waals surface area contributed by atoms with Crippen molar-refractivity contribution < 1.29 is 14.4 Å². The Kier molecular flexibility index (Phi) is 2.66. The van der Waals surface area contributed by atoms with E-state index in [0.717, 1.165) is 12.3 Å². The van der Waals surface area contributed by atoms with Crippen LogP contribution in [0.5, 0.6) is 5.75 Å². The van der Waals surface area contributed by atoms with Crippen LogP contribution >= 0.6 is 15.9 Å². The van der Waals surface area contributed by atoms with Gasteiger partial charge in [-0.2, -0.15) is 4.73 Å². The number of rotatable bonds is 2. The van der Waals surface area contributed by atoms with E-state index in [4.69, 9.17) is 0 Å². The molecule has 0 N–H and O–H groups in total. The summed E-state index contributed by atoms with van der Waals surface area (Å²) in [6.45, 7) is 0. The topological polar surface area (TPSA) is 79.3 Å². The highest BCUT2D eigenvalue weighted by atomic mass is 79.9.